The second kappa shape index (κ2) is 5.68. The fraction of sp³-hybridized carbons (Fsp3) is 0.167. The summed E-state index contributed by atoms with van der Waals surface area (Å²) in [6.07, 6.45) is 1.59. The Morgan fingerprint density at radius 1 is 1.39 bits per heavy atom. The second-order valence-electron chi connectivity index (χ2n) is 3.46. The van der Waals surface area contributed by atoms with Crippen LogP contribution >= 0.6 is 11.8 Å². The number of alkyl halides is 1. The van der Waals surface area contributed by atoms with Gasteiger partial charge in [0, 0.05) is 0 Å². The van der Waals surface area contributed by atoms with E-state index in [1.165, 1.54) is 0 Å². The topological polar surface area (TPSA) is 55.4 Å². The molecule has 1 heterocycles. The molecule has 94 valence electrons. The lowest BCUT2D eigenvalue weighted by atomic mass is 10.2. The van der Waals surface area contributed by atoms with E-state index in [-0.39, 0.29) is 11.8 Å². The first-order chi connectivity index (χ1) is 8.69. The molecule has 0 unspecified atom stereocenters. The van der Waals surface area contributed by atoms with E-state index in [0.717, 1.165) is 17.3 Å². The minimum absolute atomic E-state index is 0.00620. The maximum absolute atomic E-state index is 12.0. The molecule has 1 aromatic carbocycles. The van der Waals surface area contributed by atoms with Crippen LogP contribution in [0.15, 0.2) is 29.2 Å². The highest BCUT2D eigenvalue weighted by Crippen LogP contribution is 2.26. The molecule has 4 nitrogen and oxygen atoms in total. The van der Waals surface area contributed by atoms with Gasteiger partial charge in [0.1, 0.15) is 19.0 Å². The van der Waals surface area contributed by atoms with Crippen molar-refractivity contribution < 1.29 is 18.7 Å². The van der Waals surface area contributed by atoms with Gasteiger partial charge < -0.3 is 4.74 Å². The van der Waals surface area contributed by atoms with Gasteiger partial charge >= 0.3 is 0 Å². The van der Waals surface area contributed by atoms with Crippen molar-refractivity contribution in [3.8, 4) is 5.75 Å². The van der Waals surface area contributed by atoms with Crippen LogP contribution in [-0.2, 0) is 4.79 Å². The normalized spacial score (nSPS) is 17.1. The van der Waals surface area contributed by atoms with Gasteiger partial charge in [-0.1, -0.05) is 12.1 Å². The van der Waals surface area contributed by atoms with Gasteiger partial charge in [-0.25, -0.2) is 4.39 Å². The molecule has 0 atom stereocenters. The Morgan fingerprint density at radius 3 is 2.89 bits per heavy atom. The summed E-state index contributed by atoms with van der Waals surface area (Å²) in [5, 5.41) is 1.79. The number of halogens is 1. The van der Waals surface area contributed by atoms with Crippen molar-refractivity contribution in [1.82, 2.24) is 5.32 Å². The van der Waals surface area contributed by atoms with Gasteiger partial charge in [-0.15, -0.1) is 0 Å². The molecule has 1 aliphatic rings. The van der Waals surface area contributed by atoms with Crippen molar-refractivity contribution >= 4 is 29.0 Å². The Kier molecular flexibility index (Phi) is 3.99. The van der Waals surface area contributed by atoms with E-state index in [2.05, 4.69) is 5.32 Å². The minimum atomic E-state index is -0.557. The SMILES string of the molecule is O=C1NC(=O)/C(=C\c2cccc(OCCF)c2)S1. The van der Waals surface area contributed by atoms with Crippen molar-refractivity contribution in [2.24, 2.45) is 0 Å². The summed E-state index contributed by atoms with van der Waals surface area (Å²) >= 11 is 0.853. The predicted octanol–water partition coefficient (Wildman–Crippen LogP) is 2.36. The minimum Gasteiger partial charge on any atom is -0.491 e. The number of imide groups is 1. The summed E-state index contributed by atoms with van der Waals surface area (Å²) in [4.78, 5) is 22.7. The molecule has 1 N–H and O–H groups in total. The number of hydrogen-bond donors (Lipinski definition) is 1. The van der Waals surface area contributed by atoms with Gasteiger partial charge in [0.05, 0.1) is 4.91 Å². The number of hydrogen-bond acceptors (Lipinski definition) is 4. The zero-order valence-corrected chi connectivity index (χ0v) is 10.1. The van der Waals surface area contributed by atoms with Crippen LogP contribution in [0.3, 0.4) is 0 Å². The molecule has 1 saturated heterocycles. The number of nitrogens with one attached hydrogen (secondary N) is 1. The first-order valence-electron chi connectivity index (χ1n) is 5.23. The van der Waals surface area contributed by atoms with Crippen molar-refractivity contribution in [3.05, 3.63) is 34.7 Å². The first-order valence-corrected chi connectivity index (χ1v) is 6.04. The number of thioether (sulfide) groups is 1. The van der Waals surface area contributed by atoms with Gasteiger partial charge in [0.15, 0.2) is 0 Å². The maximum atomic E-state index is 12.0. The van der Waals surface area contributed by atoms with Crippen LogP contribution in [-0.4, -0.2) is 24.4 Å². The molecule has 2 rings (SSSR count). The largest absolute Gasteiger partial charge is 0.491 e. The van der Waals surface area contributed by atoms with Crippen LogP contribution in [0, 0.1) is 0 Å². The molecule has 2 amide bonds. The molecule has 6 heteroatoms. The number of rotatable bonds is 4. The quantitative estimate of drug-likeness (QED) is 0.851. The average molecular weight is 267 g/mol. The fourth-order valence-electron chi connectivity index (χ4n) is 1.42. The Balaban J connectivity index is 2.16. The lowest BCUT2D eigenvalue weighted by molar-refractivity contribution is -0.115. The highest BCUT2D eigenvalue weighted by atomic mass is 32.2. The second-order valence-corrected chi connectivity index (χ2v) is 4.48. The molecule has 18 heavy (non-hydrogen) atoms. The van der Waals surface area contributed by atoms with Crippen molar-refractivity contribution in [3.63, 3.8) is 0 Å². The van der Waals surface area contributed by atoms with Crippen molar-refractivity contribution in [1.29, 1.82) is 0 Å². The Hall–Kier alpha value is -1.82. The highest BCUT2D eigenvalue weighted by Gasteiger charge is 2.24. The molecule has 0 radical (unpaired) electrons. The monoisotopic (exact) mass is 267 g/mol. The summed E-state index contributed by atoms with van der Waals surface area (Å²) in [5.74, 6) is 0.122. The number of benzene rings is 1. The third-order valence-corrected chi connectivity index (χ3v) is 2.95. The number of carbonyl (C=O) groups is 2. The Bertz CT molecular complexity index is 516. The lowest BCUT2D eigenvalue weighted by Crippen LogP contribution is -2.17. The lowest BCUT2D eigenvalue weighted by Gasteiger charge is -2.04. The molecule has 0 saturated carbocycles. The molecule has 1 aliphatic heterocycles. The smallest absolute Gasteiger partial charge is 0.290 e. The van der Waals surface area contributed by atoms with Gasteiger partial charge in [0.25, 0.3) is 11.1 Å². The van der Waals surface area contributed by atoms with Gasteiger partial charge in [-0.05, 0) is 35.5 Å². The standard InChI is InChI=1S/C12H10FNO3S/c13-4-5-17-9-3-1-2-8(6-9)7-10-11(15)14-12(16)18-10/h1-3,6-7H,4-5H2,(H,14,15,16)/b10-7+. The van der Waals surface area contributed by atoms with E-state index in [4.69, 9.17) is 4.74 Å². The fourth-order valence-corrected chi connectivity index (χ4v) is 2.11. The summed E-state index contributed by atoms with van der Waals surface area (Å²) in [5.41, 5.74) is 0.721. The van der Waals surface area contributed by atoms with Crippen molar-refractivity contribution in [2.45, 2.75) is 0 Å². The summed E-state index contributed by atoms with van der Waals surface area (Å²) < 4.78 is 17.1. The number of ether oxygens (including phenoxy) is 1. The molecule has 0 aliphatic carbocycles. The number of amides is 2. The zero-order chi connectivity index (χ0) is 13.0. The van der Waals surface area contributed by atoms with Crippen LogP contribution in [0.4, 0.5) is 9.18 Å². The van der Waals surface area contributed by atoms with E-state index in [9.17, 15) is 14.0 Å². The molecule has 1 aromatic rings. The summed E-state index contributed by atoms with van der Waals surface area (Å²) in [7, 11) is 0. The molecular formula is C12H10FNO3S. The van der Waals surface area contributed by atoms with E-state index in [1.807, 2.05) is 0 Å². The average Bonchev–Trinajstić information content (AvgIpc) is 2.66. The van der Waals surface area contributed by atoms with E-state index >= 15 is 0 Å². The van der Waals surface area contributed by atoms with Crippen LogP contribution in [0.5, 0.6) is 5.75 Å². The third kappa shape index (κ3) is 3.10. The molecule has 0 bridgehead atoms. The van der Waals surface area contributed by atoms with Crippen LogP contribution in [0.1, 0.15) is 5.56 Å². The summed E-state index contributed by atoms with van der Waals surface area (Å²) in [6, 6.07) is 6.88. The van der Waals surface area contributed by atoms with E-state index < -0.39 is 12.6 Å². The zero-order valence-electron chi connectivity index (χ0n) is 9.31. The molecule has 0 spiro atoms. The maximum Gasteiger partial charge on any atom is 0.290 e. The highest BCUT2D eigenvalue weighted by molar-refractivity contribution is 8.18. The van der Waals surface area contributed by atoms with Crippen molar-refractivity contribution in [2.75, 3.05) is 13.3 Å². The Morgan fingerprint density at radius 2 is 2.22 bits per heavy atom. The molecule has 0 aromatic heterocycles. The Labute approximate surface area is 107 Å². The van der Waals surface area contributed by atoms with Gasteiger partial charge in [-0.2, -0.15) is 0 Å². The van der Waals surface area contributed by atoms with Crippen LogP contribution in [0.25, 0.3) is 6.08 Å². The van der Waals surface area contributed by atoms with Gasteiger partial charge in [-0.3, -0.25) is 14.9 Å². The first kappa shape index (κ1) is 12.6. The third-order valence-electron chi connectivity index (χ3n) is 2.14. The number of carbonyl (C=O) groups excluding carboxylic acids is 2. The van der Waals surface area contributed by atoms with Crippen LogP contribution in [0.2, 0.25) is 0 Å². The van der Waals surface area contributed by atoms with Crippen LogP contribution < -0.4 is 10.1 Å². The predicted molar refractivity (Wildman–Crippen MR) is 67.0 cm³/mol. The van der Waals surface area contributed by atoms with E-state index in [1.54, 1.807) is 30.3 Å². The molecule has 1 fully saturated rings. The van der Waals surface area contributed by atoms with E-state index in [0.29, 0.717) is 10.7 Å². The van der Waals surface area contributed by atoms with Gasteiger partial charge in [0.2, 0.25) is 0 Å². The summed E-state index contributed by atoms with van der Waals surface area (Å²) in [6.45, 7) is -0.564. The molecular weight excluding hydrogens is 257 g/mol.